The van der Waals surface area contributed by atoms with Crippen LogP contribution in [0.2, 0.25) is 0 Å². The van der Waals surface area contributed by atoms with E-state index >= 15 is 0 Å². The van der Waals surface area contributed by atoms with Gasteiger partial charge in [0.05, 0.1) is 0 Å². The van der Waals surface area contributed by atoms with E-state index in [1.165, 1.54) is 0 Å². The average molecular weight is 255 g/mol. The van der Waals surface area contributed by atoms with Crippen LogP contribution in [0.5, 0.6) is 0 Å². The van der Waals surface area contributed by atoms with Gasteiger partial charge >= 0.3 is 0 Å². The van der Waals surface area contributed by atoms with Gasteiger partial charge in [0.1, 0.15) is 0 Å². The van der Waals surface area contributed by atoms with Crippen LogP contribution in [0.1, 0.15) is 75.7 Å². The normalized spacial score (nSPS) is 14.6. The molecule has 0 aliphatic carbocycles. The molecular weight excluding hydrogens is 222 g/mol. The second-order valence-corrected chi connectivity index (χ2v) is 8.90. The maximum atomic E-state index is 12.4. The summed E-state index contributed by atoms with van der Waals surface area (Å²) >= 11 is 0. The first-order valence-corrected chi connectivity index (χ1v) is 6.91. The highest BCUT2D eigenvalue weighted by molar-refractivity contribution is 5.82. The van der Waals surface area contributed by atoms with Crippen molar-refractivity contribution in [2.75, 3.05) is 0 Å². The van der Waals surface area contributed by atoms with Crippen LogP contribution in [0.15, 0.2) is 0 Å². The minimum absolute atomic E-state index is 0.117. The van der Waals surface area contributed by atoms with Crippen molar-refractivity contribution in [1.82, 2.24) is 5.32 Å². The summed E-state index contributed by atoms with van der Waals surface area (Å²) in [6.07, 6.45) is 0.880. The molecule has 1 amide bonds. The molecule has 0 fully saturated rings. The summed E-state index contributed by atoms with van der Waals surface area (Å²) < 4.78 is 0. The fourth-order valence-corrected chi connectivity index (χ4v) is 1.96. The third-order valence-corrected chi connectivity index (χ3v) is 4.02. The fourth-order valence-electron chi connectivity index (χ4n) is 1.96. The molecule has 0 aromatic heterocycles. The van der Waals surface area contributed by atoms with Crippen LogP contribution < -0.4 is 5.32 Å². The third kappa shape index (κ3) is 4.99. The van der Waals surface area contributed by atoms with Gasteiger partial charge in [0, 0.05) is 11.0 Å². The molecule has 0 saturated carbocycles. The zero-order valence-electron chi connectivity index (χ0n) is 14.1. The quantitative estimate of drug-likeness (QED) is 0.796. The maximum Gasteiger partial charge on any atom is 0.226 e. The lowest BCUT2D eigenvalue weighted by atomic mass is 9.62. The molecule has 0 bridgehead atoms. The van der Waals surface area contributed by atoms with Gasteiger partial charge in [-0.1, -0.05) is 48.5 Å². The number of amides is 1. The van der Waals surface area contributed by atoms with E-state index in [1.807, 2.05) is 34.6 Å². The lowest BCUT2D eigenvalue weighted by molar-refractivity contribution is -0.133. The Morgan fingerprint density at radius 2 is 1.22 bits per heavy atom. The highest BCUT2D eigenvalue weighted by Crippen LogP contribution is 2.46. The number of rotatable bonds is 3. The summed E-state index contributed by atoms with van der Waals surface area (Å²) in [7, 11) is 0. The molecule has 2 heteroatoms. The van der Waals surface area contributed by atoms with E-state index in [0.29, 0.717) is 0 Å². The number of nitrogens with one attached hydrogen (secondary N) is 1. The van der Waals surface area contributed by atoms with Crippen LogP contribution in [0.4, 0.5) is 0 Å². The van der Waals surface area contributed by atoms with Crippen molar-refractivity contribution in [2.45, 2.75) is 81.2 Å². The van der Waals surface area contributed by atoms with Crippen molar-refractivity contribution in [2.24, 2.45) is 16.2 Å². The van der Waals surface area contributed by atoms with Crippen molar-refractivity contribution in [3.05, 3.63) is 0 Å². The second kappa shape index (κ2) is 4.86. The molecule has 1 N–H and O–H groups in total. The Morgan fingerprint density at radius 3 is 1.50 bits per heavy atom. The van der Waals surface area contributed by atoms with E-state index < -0.39 is 0 Å². The second-order valence-electron chi connectivity index (χ2n) is 8.90. The van der Waals surface area contributed by atoms with Crippen LogP contribution in [-0.4, -0.2) is 11.4 Å². The number of hydrogen-bond acceptors (Lipinski definition) is 1. The molecule has 0 radical (unpaired) electrons. The number of carbonyl (C=O) groups excluding carboxylic acids is 1. The minimum Gasteiger partial charge on any atom is -0.351 e. The van der Waals surface area contributed by atoms with Crippen molar-refractivity contribution >= 4 is 5.91 Å². The molecule has 0 rings (SSSR count). The minimum atomic E-state index is -0.343. The lowest BCUT2D eigenvalue weighted by Crippen LogP contribution is -2.49. The average Bonchev–Trinajstić information content (AvgIpc) is 1.95. The van der Waals surface area contributed by atoms with Gasteiger partial charge in [0.25, 0.3) is 0 Å². The Hall–Kier alpha value is -0.530. The van der Waals surface area contributed by atoms with Crippen molar-refractivity contribution in [3.8, 4) is 0 Å². The van der Waals surface area contributed by atoms with Gasteiger partial charge < -0.3 is 5.32 Å². The van der Waals surface area contributed by atoms with E-state index in [2.05, 4.69) is 39.9 Å². The molecule has 0 aliphatic heterocycles. The van der Waals surface area contributed by atoms with Gasteiger partial charge in [-0.15, -0.1) is 0 Å². The van der Waals surface area contributed by atoms with E-state index in [1.54, 1.807) is 0 Å². The molecule has 0 saturated heterocycles. The molecule has 0 aliphatic rings. The Morgan fingerprint density at radius 1 is 0.833 bits per heavy atom. The highest BCUT2D eigenvalue weighted by Gasteiger charge is 2.41. The summed E-state index contributed by atoms with van der Waals surface area (Å²) in [5.74, 6) is 0.146. The summed E-state index contributed by atoms with van der Waals surface area (Å²) in [4.78, 5) is 12.4. The van der Waals surface area contributed by atoms with E-state index in [9.17, 15) is 4.79 Å². The predicted octanol–water partition coefficient (Wildman–Crippen LogP) is 4.39. The Kier molecular flexibility index (Phi) is 4.72. The molecule has 0 heterocycles. The Bertz CT molecular complexity index is 300. The Labute approximate surface area is 114 Å². The number of hydrogen-bond donors (Lipinski definition) is 1. The third-order valence-electron chi connectivity index (χ3n) is 4.02. The standard InChI is InChI=1S/C16H33NO/c1-13(2,3)16(9,10)11-15(7,8)12(18)17-14(4,5)6/h11H2,1-10H3,(H,17,18). The van der Waals surface area contributed by atoms with Gasteiger partial charge in [-0.2, -0.15) is 0 Å². The maximum absolute atomic E-state index is 12.4. The zero-order chi connectivity index (χ0) is 15.0. The smallest absolute Gasteiger partial charge is 0.226 e. The molecule has 0 atom stereocenters. The largest absolute Gasteiger partial charge is 0.351 e. The van der Waals surface area contributed by atoms with Gasteiger partial charge in [-0.3, -0.25) is 4.79 Å². The SMILES string of the molecule is CC(C)(C)NC(=O)C(C)(C)CC(C)(C)C(C)(C)C. The van der Waals surface area contributed by atoms with Crippen LogP contribution in [0.25, 0.3) is 0 Å². The fraction of sp³-hybridized carbons (Fsp3) is 0.938. The van der Waals surface area contributed by atoms with Crippen molar-refractivity contribution in [3.63, 3.8) is 0 Å². The summed E-state index contributed by atoms with van der Waals surface area (Å²) in [6, 6.07) is 0. The highest BCUT2D eigenvalue weighted by atomic mass is 16.2. The van der Waals surface area contributed by atoms with Crippen molar-refractivity contribution in [1.29, 1.82) is 0 Å². The first-order chi connectivity index (χ1) is 7.58. The lowest BCUT2D eigenvalue weighted by Gasteiger charge is -2.44. The first kappa shape index (κ1) is 17.5. The van der Waals surface area contributed by atoms with Crippen molar-refractivity contribution < 1.29 is 4.79 Å². The van der Waals surface area contributed by atoms with Gasteiger partial charge in [-0.05, 0) is 38.0 Å². The summed E-state index contributed by atoms with van der Waals surface area (Å²) in [6.45, 7) is 21.4. The topological polar surface area (TPSA) is 29.1 Å². The van der Waals surface area contributed by atoms with Crippen LogP contribution >= 0.6 is 0 Å². The molecular formula is C16H33NO. The van der Waals surface area contributed by atoms with Gasteiger partial charge in [-0.25, -0.2) is 0 Å². The monoisotopic (exact) mass is 255 g/mol. The molecule has 0 spiro atoms. The first-order valence-electron chi connectivity index (χ1n) is 6.91. The number of carbonyl (C=O) groups is 1. The molecule has 0 aromatic rings. The summed E-state index contributed by atoms with van der Waals surface area (Å²) in [5, 5.41) is 3.09. The van der Waals surface area contributed by atoms with Gasteiger partial charge in [0.2, 0.25) is 5.91 Å². The zero-order valence-corrected chi connectivity index (χ0v) is 14.1. The van der Waals surface area contributed by atoms with E-state index in [4.69, 9.17) is 0 Å². The molecule has 18 heavy (non-hydrogen) atoms. The molecule has 0 unspecified atom stereocenters. The van der Waals surface area contributed by atoms with Crippen LogP contribution in [-0.2, 0) is 4.79 Å². The molecule has 108 valence electrons. The predicted molar refractivity (Wildman–Crippen MR) is 79.5 cm³/mol. The van der Waals surface area contributed by atoms with E-state index in [0.717, 1.165) is 6.42 Å². The van der Waals surface area contributed by atoms with E-state index in [-0.39, 0.29) is 27.7 Å². The molecule has 0 aromatic carbocycles. The van der Waals surface area contributed by atoms with Crippen LogP contribution in [0.3, 0.4) is 0 Å². The Balaban J connectivity index is 4.92. The van der Waals surface area contributed by atoms with Crippen LogP contribution in [0, 0.1) is 16.2 Å². The molecule has 2 nitrogen and oxygen atoms in total. The van der Waals surface area contributed by atoms with Gasteiger partial charge in [0.15, 0.2) is 0 Å². The summed E-state index contributed by atoms with van der Waals surface area (Å²) in [5.41, 5.74) is -0.206.